The first kappa shape index (κ1) is 18.7. The number of carbonyl (C=O) groups is 1. The molecule has 1 aliphatic rings. The summed E-state index contributed by atoms with van der Waals surface area (Å²) in [6, 6.07) is 13.1. The molecule has 2 aromatic carbocycles. The molecule has 0 amide bonds. The Labute approximate surface area is 173 Å². The molecule has 1 heterocycles. The fourth-order valence-electron chi connectivity index (χ4n) is 3.28. The maximum Gasteiger partial charge on any atom is 0.229 e. The van der Waals surface area contributed by atoms with Gasteiger partial charge in [-0.05, 0) is 55.7 Å². The molecule has 7 heteroatoms. The van der Waals surface area contributed by atoms with Crippen LogP contribution in [0.3, 0.4) is 0 Å². The third kappa shape index (κ3) is 4.11. The number of rotatable bonds is 4. The number of nitrogens with one attached hydrogen (secondary N) is 2. The molecule has 1 aromatic heterocycles. The number of benzene rings is 2. The van der Waals surface area contributed by atoms with Crippen molar-refractivity contribution < 1.29 is 4.79 Å². The van der Waals surface area contributed by atoms with Gasteiger partial charge in [0, 0.05) is 27.8 Å². The zero-order chi connectivity index (χ0) is 19.7. The van der Waals surface area contributed by atoms with Crippen LogP contribution < -0.4 is 10.6 Å². The Morgan fingerprint density at radius 3 is 2.46 bits per heavy atom. The normalized spacial score (nSPS) is 13.2. The van der Waals surface area contributed by atoms with Gasteiger partial charge in [-0.15, -0.1) is 0 Å². The summed E-state index contributed by atoms with van der Waals surface area (Å²) in [5.74, 6) is 0.942. The van der Waals surface area contributed by atoms with E-state index in [-0.39, 0.29) is 5.78 Å². The molecule has 2 N–H and O–H groups in total. The predicted molar refractivity (Wildman–Crippen MR) is 114 cm³/mol. The summed E-state index contributed by atoms with van der Waals surface area (Å²) < 4.78 is 0. The van der Waals surface area contributed by atoms with Gasteiger partial charge in [0.05, 0.1) is 11.3 Å². The van der Waals surface area contributed by atoms with E-state index >= 15 is 0 Å². The monoisotopic (exact) mass is 412 g/mol. The van der Waals surface area contributed by atoms with Gasteiger partial charge in [0.1, 0.15) is 5.82 Å². The standard InChI is InChI=1S/C21H18Cl2N4O/c1-12-4-2-5-15(8-12)25-21-26-17-6-3-7-18(28)19(17)20(27-21)24-16-10-13(22)9-14(23)11-16/h2,4-5,8-11H,3,6-7H2,1H3,(H2,24,25,26,27). The van der Waals surface area contributed by atoms with Crippen molar-refractivity contribution in [3.05, 3.63) is 69.3 Å². The summed E-state index contributed by atoms with van der Waals surface area (Å²) in [6.07, 6.45) is 2.01. The third-order valence-electron chi connectivity index (χ3n) is 4.48. The molecule has 0 atom stereocenters. The van der Waals surface area contributed by atoms with Crippen molar-refractivity contribution >= 4 is 52.1 Å². The number of aromatic nitrogens is 2. The van der Waals surface area contributed by atoms with Crippen LogP contribution in [0.1, 0.15) is 34.5 Å². The van der Waals surface area contributed by atoms with Crippen molar-refractivity contribution in [3.8, 4) is 0 Å². The number of fused-ring (bicyclic) bond motifs is 1. The summed E-state index contributed by atoms with van der Waals surface area (Å²) in [7, 11) is 0. The van der Waals surface area contributed by atoms with Crippen molar-refractivity contribution in [1.82, 2.24) is 9.97 Å². The largest absolute Gasteiger partial charge is 0.339 e. The minimum absolute atomic E-state index is 0.0407. The van der Waals surface area contributed by atoms with E-state index in [0.717, 1.165) is 29.8 Å². The van der Waals surface area contributed by atoms with Crippen molar-refractivity contribution in [2.45, 2.75) is 26.2 Å². The fourth-order valence-corrected chi connectivity index (χ4v) is 3.81. The van der Waals surface area contributed by atoms with Crippen LogP contribution in [0.5, 0.6) is 0 Å². The predicted octanol–water partition coefficient (Wildman–Crippen LogP) is 6.10. The molecule has 3 aromatic rings. The van der Waals surface area contributed by atoms with E-state index in [0.29, 0.717) is 39.5 Å². The molecule has 0 radical (unpaired) electrons. The van der Waals surface area contributed by atoms with E-state index in [1.165, 1.54) is 0 Å². The number of hydrogen-bond acceptors (Lipinski definition) is 5. The highest BCUT2D eigenvalue weighted by atomic mass is 35.5. The molecule has 1 aliphatic carbocycles. The number of halogens is 2. The van der Waals surface area contributed by atoms with E-state index in [1.54, 1.807) is 18.2 Å². The second kappa shape index (κ2) is 7.78. The molecule has 0 saturated heterocycles. The highest BCUT2D eigenvalue weighted by Crippen LogP contribution is 2.31. The Hall–Kier alpha value is -2.63. The average Bonchev–Trinajstić information content (AvgIpc) is 2.60. The lowest BCUT2D eigenvalue weighted by Crippen LogP contribution is -2.17. The van der Waals surface area contributed by atoms with Crippen LogP contribution in [-0.2, 0) is 6.42 Å². The molecule has 28 heavy (non-hydrogen) atoms. The number of carbonyl (C=O) groups excluding carboxylic acids is 1. The quantitative estimate of drug-likeness (QED) is 0.541. The Morgan fingerprint density at radius 1 is 0.929 bits per heavy atom. The number of hydrogen-bond donors (Lipinski definition) is 2. The van der Waals surface area contributed by atoms with Gasteiger partial charge < -0.3 is 10.6 Å². The van der Waals surface area contributed by atoms with Crippen LogP contribution in [0.25, 0.3) is 0 Å². The molecule has 0 bridgehead atoms. The van der Waals surface area contributed by atoms with Crippen LogP contribution in [-0.4, -0.2) is 15.8 Å². The first-order valence-electron chi connectivity index (χ1n) is 8.99. The van der Waals surface area contributed by atoms with Gasteiger partial charge in [0.15, 0.2) is 5.78 Å². The molecule has 0 aliphatic heterocycles. The van der Waals surface area contributed by atoms with Gasteiger partial charge in [-0.3, -0.25) is 4.79 Å². The minimum Gasteiger partial charge on any atom is -0.339 e. The molecule has 0 saturated carbocycles. The molecule has 0 spiro atoms. The van der Waals surface area contributed by atoms with E-state index < -0.39 is 0 Å². The number of ketones is 1. The molecule has 5 nitrogen and oxygen atoms in total. The van der Waals surface area contributed by atoms with E-state index in [2.05, 4.69) is 20.6 Å². The van der Waals surface area contributed by atoms with Gasteiger partial charge in [-0.2, -0.15) is 4.98 Å². The van der Waals surface area contributed by atoms with Gasteiger partial charge >= 0.3 is 0 Å². The number of aryl methyl sites for hydroxylation is 2. The second-order valence-corrected chi connectivity index (χ2v) is 7.64. The molecular weight excluding hydrogens is 395 g/mol. The maximum atomic E-state index is 12.6. The number of Topliss-reactive ketones (excluding diaryl/α,β-unsaturated/α-hetero) is 1. The summed E-state index contributed by atoms with van der Waals surface area (Å²) >= 11 is 12.2. The zero-order valence-electron chi connectivity index (χ0n) is 15.2. The molecular formula is C21H18Cl2N4O. The zero-order valence-corrected chi connectivity index (χ0v) is 16.7. The highest BCUT2D eigenvalue weighted by Gasteiger charge is 2.25. The summed E-state index contributed by atoms with van der Waals surface area (Å²) in [4.78, 5) is 21.7. The van der Waals surface area contributed by atoms with Gasteiger partial charge in [-0.25, -0.2) is 4.98 Å². The Balaban J connectivity index is 1.75. The third-order valence-corrected chi connectivity index (χ3v) is 4.92. The minimum atomic E-state index is 0.0407. The number of anilines is 4. The van der Waals surface area contributed by atoms with Crippen molar-refractivity contribution in [2.75, 3.05) is 10.6 Å². The molecule has 0 fully saturated rings. The Morgan fingerprint density at radius 2 is 1.71 bits per heavy atom. The number of nitrogens with zero attached hydrogens (tertiary/aromatic N) is 2. The van der Waals surface area contributed by atoms with E-state index in [1.807, 2.05) is 31.2 Å². The van der Waals surface area contributed by atoms with Crippen LogP contribution in [0.4, 0.5) is 23.1 Å². The smallest absolute Gasteiger partial charge is 0.229 e. The topological polar surface area (TPSA) is 66.9 Å². The molecule has 0 unspecified atom stereocenters. The van der Waals surface area contributed by atoms with Crippen LogP contribution in [0.15, 0.2) is 42.5 Å². The van der Waals surface area contributed by atoms with Crippen LogP contribution in [0.2, 0.25) is 10.0 Å². The Kier molecular flexibility index (Phi) is 5.20. The first-order valence-corrected chi connectivity index (χ1v) is 9.74. The second-order valence-electron chi connectivity index (χ2n) is 6.77. The summed E-state index contributed by atoms with van der Waals surface area (Å²) in [5.41, 5.74) is 3.97. The maximum absolute atomic E-state index is 12.6. The van der Waals surface area contributed by atoms with Crippen LogP contribution in [0, 0.1) is 6.92 Å². The Bertz CT molecular complexity index is 1050. The lowest BCUT2D eigenvalue weighted by atomic mass is 9.95. The average molecular weight is 413 g/mol. The SMILES string of the molecule is Cc1cccc(Nc2nc3c(c(Nc4cc(Cl)cc(Cl)c4)n2)C(=O)CCC3)c1. The van der Waals surface area contributed by atoms with Crippen molar-refractivity contribution in [3.63, 3.8) is 0 Å². The summed E-state index contributed by atoms with van der Waals surface area (Å²) in [5, 5.41) is 7.44. The van der Waals surface area contributed by atoms with E-state index in [4.69, 9.17) is 23.2 Å². The van der Waals surface area contributed by atoms with Gasteiger partial charge in [0.25, 0.3) is 0 Å². The molecule has 4 rings (SSSR count). The van der Waals surface area contributed by atoms with Crippen molar-refractivity contribution in [1.29, 1.82) is 0 Å². The van der Waals surface area contributed by atoms with Gasteiger partial charge in [0.2, 0.25) is 5.95 Å². The van der Waals surface area contributed by atoms with E-state index in [9.17, 15) is 4.79 Å². The molecule has 142 valence electrons. The van der Waals surface area contributed by atoms with Crippen LogP contribution >= 0.6 is 23.2 Å². The van der Waals surface area contributed by atoms with Gasteiger partial charge in [-0.1, -0.05) is 35.3 Å². The lowest BCUT2D eigenvalue weighted by molar-refractivity contribution is 0.0972. The first-order chi connectivity index (χ1) is 13.5. The fraction of sp³-hybridized carbons (Fsp3) is 0.190. The summed E-state index contributed by atoms with van der Waals surface area (Å²) in [6.45, 7) is 2.02. The van der Waals surface area contributed by atoms with Crippen molar-refractivity contribution in [2.24, 2.45) is 0 Å². The lowest BCUT2D eigenvalue weighted by Gasteiger charge is -2.19. The highest BCUT2D eigenvalue weighted by molar-refractivity contribution is 6.35.